The maximum atomic E-state index is 12.3. The van der Waals surface area contributed by atoms with E-state index in [0.29, 0.717) is 12.5 Å². The monoisotopic (exact) mass is 235 g/mol. The summed E-state index contributed by atoms with van der Waals surface area (Å²) in [4.78, 5) is 12.3. The molecule has 2 heteroatoms. The molecule has 0 atom stereocenters. The molecular weight excluding hydrogens is 210 g/mol. The Morgan fingerprint density at radius 3 is 2.53 bits per heavy atom. The molecule has 17 heavy (non-hydrogen) atoms. The van der Waals surface area contributed by atoms with Crippen molar-refractivity contribution in [2.75, 3.05) is 6.54 Å². The van der Waals surface area contributed by atoms with E-state index in [1.165, 1.54) is 12.8 Å². The Morgan fingerprint density at radius 1 is 1.35 bits per heavy atom. The molecule has 1 saturated carbocycles. The highest BCUT2D eigenvalue weighted by molar-refractivity contribution is 5.82. The molecule has 1 fully saturated rings. The zero-order chi connectivity index (χ0) is 12.7. The highest BCUT2D eigenvalue weighted by atomic mass is 16.2. The second-order valence-corrected chi connectivity index (χ2v) is 5.52. The van der Waals surface area contributed by atoms with Gasteiger partial charge in [-0.1, -0.05) is 26.7 Å². The van der Waals surface area contributed by atoms with Gasteiger partial charge in [-0.15, -0.1) is 11.8 Å². The number of rotatable bonds is 5. The van der Waals surface area contributed by atoms with Crippen molar-refractivity contribution < 1.29 is 4.79 Å². The van der Waals surface area contributed by atoms with Gasteiger partial charge in [0.15, 0.2) is 0 Å². The zero-order valence-electron chi connectivity index (χ0n) is 11.4. The van der Waals surface area contributed by atoms with E-state index in [2.05, 4.69) is 31.0 Å². The molecule has 0 aromatic carbocycles. The largest absolute Gasteiger partial charge is 0.355 e. The van der Waals surface area contributed by atoms with Crippen LogP contribution in [0.3, 0.4) is 0 Å². The number of hydrogen-bond acceptors (Lipinski definition) is 1. The van der Waals surface area contributed by atoms with Crippen molar-refractivity contribution in [2.45, 2.75) is 59.3 Å². The van der Waals surface area contributed by atoms with Crippen molar-refractivity contribution in [3.63, 3.8) is 0 Å². The predicted molar refractivity (Wildman–Crippen MR) is 71.4 cm³/mol. The molecule has 0 radical (unpaired) electrons. The Kier molecular flexibility index (Phi) is 5.55. The second-order valence-electron chi connectivity index (χ2n) is 5.52. The molecule has 0 saturated heterocycles. The topological polar surface area (TPSA) is 29.1 Å². The molecule has 0 aliphatic heterocycles. The van der Waals surface area contributed by atoms with E-state index in [-0.39, 0.29) is 11.3 Å². The Labute approximate surface area is 106 Å². The molecular formula is C15H25NO. The Bertz CT molecular complexity index is 303. The highest BCUT2D eigenvalue weighted by Crippen LogP contribution is 2.43. The summed E-state index contributed by atoms with van der Waals surface area (Å²) in [5, 5.41) is 3.06. The van der Waals surface area contributed by atoms with Crippen molar-refractivity contribution in [1.29, 1.82) is 0 Å². The fourth-order valence-electron chi connectivity index (χ4n) is 2.91. The quantitative estimate of drug-likeness (QED) is 0.575. The van der Waals surface area contributed by atoms with Crippen LogP contribution in [-0.4, -0.2) is 12.5 Å². The summed E-state index contributed by atoms with van der Waals surface area (Å²) in [6.45, 7) is 6.93. The maximum Gasteiger partial charge on any atom is 0.226 e. The van der Waals surface area contributed by atoms with Gasteiger partial charge in [0, 0.05) is 18.4 Å². The lowest BCUT2D eigenvalue weighted by Gasteiger charge is -2.29. The van der Waals surface area contributed by atoms with Crippen LogP contribution in [0.25, 0.3) is 0 Å². The van der Waals surface area contributed by atoms with Crippen molar-refractivity contribution >= 4 is 5.91 Å². The molecule has 1 aliphatic rings. The smallest absolute Gasteiger partial charge is 0.226 e. The van der Waals surface area contributed by atoms with Crippen LogP contribution in [0.5, 0.6) is 0 Å². The average molecular weight is 235 g/mol. The van der Waals surface area contributed by atoms with Gasteiger partial charge in [-0.25, -0.2) is 0 Å². The fraction of sp³-hybridized carbons (Fsp3) is 0.800. The van der Waals surface area contributed by atoms with Crippen LogP contribution in [0.1, 0.15) is 59.3 Å². The van der Waals surface area contributed by atoms with E-state index in [1.54, 1.807) is 0 Å². The van der Waals surface area contributed by atoms with Gasteiger partial charge in [0.1, 0.15) is 0 Å². The summed E-state index contributed by atoms with van der Waals surface area (Å²) >= 11 is 0. The molecule has 0 aromatic rings. The van der Waals surface area contributed by atoms with Crippen LogP contribution in [-0.2, 0) is 4.79 Å². The first-order valence-corrected chi connectivity index (χ1v) is 6.78. The van der Waals surface area contributed by atoms with Gasteiger partial charge < -0.3 is 5.32 Å². The summed E-state index contributed by atoms with van der Waals surface area (Å²) < 4.78 is 0. The molecule has 0 spiro atoms. The lowest BCUT2D eigenvalue weighted by Crippen LogP contribution is -2.40. The molecule has 1 rings (SSSR count). The number of amides is 1. The maximum absolute atomic E-state index is 12.3. The van der Waals surface area contributed by atoms with Crippen LogP contribution in [0.4, 0.5) is 0 Å². The van der Waals surface area contributed by atoms with Gasteiger partial charge in [0.05, 0.1) is 0 Å². The minimum Gasteiger partial charge on any atom is -0.355 e. The third-order valence-electron chi connectivity index (χ3n) is 3.55. The molecule has 1 amide bonds. The summed E-state index contributed by atoms with van der Waals surface area (Å²) in [6.07, 6.45) is 6.33. The zero-order valence-corrected chi connectivity index (χ0v) is 11.4. The summed E-state index contributed by atoms with van der Waals surface area (Å²) in [5.41, 5.74) is -0.0756. The Morgan fingerprint density at radius 2 is 2.00 bits per heavy atom. The summed E-state index contributed by atoms with van der Waals surface area (Å²) in [7, 11) is 0. The van der Waals surface area contributed by atoms with Crippen LogP contribution >= 0.6 is 0 Å². The highest BCUT2D eigenvalue weighted by Gasteiger charge is 2.40. The van der Waals surface area contributed by atoms with E-state index in [9.17, 15) is 4.79 Å². The van der Waals surface area contributed by atoms with Gasteiger partial charge in [-0.3, -0.25) is 4.79 Å². The molecule has 2 nitrogen and oxygen atoms in total. The molecule has 0 heterocycles. The SMILES string of the molecule is CC#CCCNC(=O)C1(CC(C)C)CCCC1. The van der Waals surface area contributed by atoms with E-state index in [4.69, 9.17) is 0 Å². The fourth-order valence-corrected chi connectivity index (χ4v) is 2.91. The molecule has 0 unspecified atom stereocenters. The molecule has 96 valence electrons. The van der Waals surface area contributed by atoms with E-state index < -0.39 is 0 Å². The molecule has 1 N–H and O–H groups in total. The third kappa shape index (κ3) is 4.07. The van der Waals surface area contributed by atoms with Gasteiger partial charge >= 0.3 is 0 Å². The minimum atomic E-state index is -0.0756. The lowest BCUT2D eigenvalue weighted by molar-refractivity contribution is -0.131. The van der Waals surface area contributed by atoms with Gasteiger partial charge in [0.2, 0.25) is 5.91 Å². The first kappa shape index (κ1) is 14.1. The lowest BCUT2D eigenvalue weighted by atomic mass is 9.77. The predicted octanol–water partition coefficient (Wildman–Crippen LogP) is 3.12. The van der Waals surface area contributed by atoms with E-state index in [1.807, 2.05) is 6.92 Å². The van der Waals surface area contributed by atoms with Crippen molar-refractivity contribution in [1.82, 2.24) is 5.32 Å². The second kappa shape index (κ2) is 6.69. The molecule has 0 bridgehead atoms. The Hall–Kier alpha value is -0.970. The van der Waals surface area contributed by atoms with Crippen molar-refractivity contribution in [3.05, 3.63) is 0 Å². The minimum absolute atomic E-state index is 0.0756. The van der Waals surface area contributed by atoms with Crippen molar-refractivity contribution in [3.8, 4) is 11.8 Å². The number of nitrogens with one attached hydrogen (secondary N) is 1. The first-order valence-electron chi connectivity index (χ1n) is 6.78. The van der Waals surface area contributed by atoms with Crippen molar-refractivity contribution in [2.24, 2.45) is 11.3 Å². The normalized spacial score (nSPS) is 17.6. The number of carbonyl (C=O) groups is 1. The molecule has 0 aromatic heterocycles. The van der Waals surface area contributed by atoms with Gasteiger partial charge in [-0.2, -0.15) is 0 Å². The van der Waals surface area contributed by atoms with Crippen LogP contribution in [0.2, 0.25) is 0 Å². The number of carbonyl (C=O) groups excluding carboxylic acids is 1. The van der Waals surface area contributed by atoms with E-state index >= 15 is 0 Å². The van der Waals surface area contributed by atoms with Gasteiger partial charge in [-0.05, 0) is 32.1 Å². The number of hydrogen-bond donors (Lipinski definition) is 1. The van der Waals surface area contributed by atoms with Gasteiger partial charge in [0.25, 0.3) is 0 Å². The van der Waals surface area contributed by atoms with Crippen LogP contribution in [0.15, 0.2) is 0 Å². The Balaban J connectivity index is 2.51. The van der Waals surface area contributed by atoms with Crippen LogP contribution < -0.4 is 5.32 Å². The summed E-state index contributed by atoms with van der Waals surface area (Å²) in [6, 6.07) is 0. The average Bonchev–Trinajstić information content (AvgIpc) is 2.73. The van der Waals surface area contributed by atoms with E-state index in [0.717, 1.165) is 25.7 Å². The molecule has 1 aliphatic carbocycles. The van der Waals surface area contributed by atoms with Crippen LogP contribution in [0, 0.1) is 23.2 Å². The first-order chi connectivity index (χ1) is 8.10. The third-order valence-corrected chi connectivity index (χ3v) is 3.55. The standard InChI is InChI=1S/C15H25NO/c1-4-5-8-11-16-14(17)15(12-13(2)3)9-6-7-10-15/h13H,6-12H2,1-3H3,(H,16,17). The summed E-state index contributed by atoms with van der Waals surface area (Å²) in [5.74, 6) is 6.69.